The standard InChI is InChI=1S/C12H16N2O3/c1-12(17)4-5-14(7-12)11(16)8-2-3-9(13)10(15)6-8/h2-3,6,15,17H,4-5,7,13H2,1H3. The van der Waals surface area contributed by atoms with Gasteiger partial charge in [-0.25, -0.2) is 0 Å². The van der Waals surface area contributed by atoms with Crippen molar-refractivity contribution >= 4 is 11.6 Å². The Labute approximate surface area is 99.5 Å². The molecule has 92 valence electrons. The summed E-state index contributed by atoms with van der Waals surface area (Å²) in [7, 11) is 0. The first-order valence-corrected chi connectivity index (χ1v) is 5.49. The molecule has 1 aliphatic heterocycles. The number of amides is 1. The molecule has 0 radical (unpaired) electrons. The second-order valence-electron chi connectivity index (χ2n) is 4.75. The average Bonchev–Trinajstić information content (AvgIpc) is 2.62. The van der Waals surface area contributed by atoms with E-state index >= 15 is 0 Å². The maximum absolute atomic E-state index is 12.1. The Hall–Kier alpha value is -1.75. The molecular formula is C12H16N2O3. The van der Waals surface area contributed by atoms with Crippen LogP contribution in [0.1, 0.15) is 23.7 Å². The molecule has 1 heterocycles. The number of aromatic hydroxyl groups is 1. The highest BCUT2D eigenvalue weighted by molar-refractivity contribution is 5.95. The topological polar surface area (TPSA) is 86.8 Å². The largest absolute Gasteiger partial charge is 0.506 e. The van der Waals surface area contributed by atoms with Crippen molar-refractivity contribution in [1.29, 1.82) is 0 Å². The fourth-order valence-electron chi connectivity index (χ4n) is 1.98. The molecule has 17 heavy (non-hydrogen) atoms. The molecule has 0 aliphatic carbocycles. The quantitative estimate of drug-likeness (QED) is 0.491. The Morgan fingerprint density at radius 1 is 1.53 bits per heavy atom. The Bertz CT molecular complexity index is 457. The van der Waals surface area contributed by atoms with Gasteiger partial charge in [0, 0.05) is 18.7 Å². The van der Waals surface area contributed by atoms with Crippen LogP contribution in [-0.2, 0) is 0 Å². The first kappa shape index (κ1) is 11.7. The molecule has 1 atom stereocenters. The highest BCUT2D eigenvalue weighted by atomic mass is 16.3. The van der Waals surface area contributed by atoms with Gasteiger partial charge in [-0.2, -0.15) is 0 Å². The summed E-state index contributed by atoms with van der Waals surface area (Å²) in [5, 5.41) is 19.2. The second-order valence-corrected chi connectivity index (χ2v) is 4.75. The number of benzene rings is 1. The smallest absolute Gasteiger partial charge is 0.254 e. The number of rotatable bonds is 1. The molecule has 1 saturated heterocycles. The van der Waals surface area contributed by atoms with Gasteiger partial charge in [-0.05, 0) is 31.5 Å². The third-order valence-electron chi connectivity index (χ3n) is 3.02. The minimum atomic E-state index is -0.814. The lowest BCUT2D eigenvalue weighted by Crippen LogP contribution is -2.33. The highest BCUT2D eigenvalue weighted by Crippen LogP contribution is 2.25. The van der Waals surface area contributed by atoms with Crippen molar-refractivity contribution in [1.82, 2.24) is 4.90 Å². The fraction of sp³-hybridized carbons (Fsp3) is 0.417. The van der Waals surface area contributed by atoms with Crippen LogP contribution < -0.4 is 5.73 Å². The zero-order valence-electron chi connectivity index (χ0n) is 9.68. The third-order valence-corrected chi connectivity index (χ3v) is 3.02. The molecule has 0 aromatic heterocycles. The number of nitrogens with zero attached hydrogens (tertiary/aromatic N) is 1. The lowest BCUT2D eigenvalue weighted by molar-refractivity contribution is 0.0572. The molecule has 1 unspecified atom stereocenters. The summed E-state index contributed by atoms with van der Waals surface area (Å²) >= 11 is 0. The van der Waals surface area contributed by atoms with Gasteiger partial charge in [0.05, 0.1) is 11.3 Å². The predicted octanol–water partition coefficient (Wildman–Crippen LogP) is 0.571. The average molecular weight is 236 g/mol. The van der Waals surface area contributed by atoms with Crippen molar-refractivity contribution in [3.8, 4) is 5.75 Å². The Morgan fingerprint density at radius 2 is 2.24 bits per heavy atom. The van der Waals surface area contributed by atoms with Crippen LogP contribution >= 0.6 is 0 Å². The summed E-state index contributed by atoms with van der Waals surface area (Å²) < 4.78 is 0. The first-order valence-electron chi connectivity index (χ1n) is 5.49. The van der Waals surface area contributed by atoms with E-state index in [0.717, 1.165) is 0 Å². The summed E-state index contributed by atoms with van der Waals surface area (Å²) in [5.74, 6) is -0.292. The van der Waals surface area contributed by atoms with E-state index in [1.807, 2.05) is 0 Å². The van der Waals surface area contributed by atoms with Gasteiger partial charge in [0.25, 0.3) is 5.91 Å². The number of β-amino-alcohol motifs (C(OH)–C–C–N with tert-alkyl or cyclic N) is 1. The molecule has 1 aliphatic rings. The number of likely N-dealkylation sites (tertiary alicyclic amines) is 1. The SMILES string of the molecule is CC1(O)CCN(C(=O)c2ccc(N)c(O)c2)C1. The van der Waals surface area contributed by atoms with Gasteiger partial charge in [0.1, 0.15) is 5.75 Å². The normalized spacial score (nSPS) is 24.0. The van der Waals surface area contributed by atoms with Crippen LogP contribution in [0.15, 0.2) is 18.2 Å². The number of nitrogens with two attached hydrogens (primary N) is 1. The molecule has 5 nitrogen and oxygen atoms in total. The van der Waals surface area contributed by atoms with Gasteiger partial charge >= 0.3 is 0 Å². The number of aliphatic hydroxyl groups is 1. The number of nitrogen functional groups attached to an aromatic ring is 1. The van der Waals surface area contributed by atoms with Crippen LogP contribution in [0.2, 0.25) is 0 Å². The van der Waals surface area contributed by atoms with E-state index in [1.165, 1.54) is 12.1 Å². The maximum Gasteiger partial charge on any atom is 0.254 e. The van der Waals surface area contributed by atoms with Crippen LogP contribution in [0, 0.1) is 0 Å². The summed E-state index contributed by atoms with van der Waals surface area (Å²) in [6.45, 7) is 2.55. The maximum atomic E-state index is 12.1. The Kier molecular flexibility index (Phi) is 2.71. The molecule has 0 bridgehead atoms. The molecule has 1 aromatic rings. The van der Waals surface area contributed by atoms with Gasteiger partial charge < -0.3 is 20.8 Å². The monoisotopic (exact) mass is 236 g/mol. The van der Waals surface area contributed by atoms with Crippen molar-refractivity contribution in [3.63, 3.8) is 0 Å². The Morgan fingerprint density at radius 3 is 2.76 bits per heavy atom. The van der Waals surface area contributed by atoms with Gasteiger partial charge in [-0.3, -0.25) is 4.79 Å². The van der Waals surface area contributed by atoms with E-state index in [1.54, 1.807) is 17.9 Å². The zero-order chi connectivity index (χ0) is 12.6. The van der Waals surface area contributed by atoms with Crippen molar-refractivity contribution in [2.75, 3.05) is 18.8 Å². The third kappa shape index (κ3) is 2.34. The minimum absolute atomic E-state index is 0.0955. The van der Waals surface area contributed by atoms with Crippen molar-refractivity contribution < 1.29 is 15.0 Å². The number of phenolic OH excluding ortho intramolecular Hbond substituents is 1. The van der Waals surface area contributed by atoms with Gasteiger partial charge in [0.2, 0.25) is 0 Å². The predicted molar refractivity (Wildman–Crippen MR) is 63.7 cm³/mol. The number of anilines is 1. The van der Waals surface area contributed by atoms with E-state index in [-0.39, 0.29) is 17.3 Å². The Balaban J connectivity index is 2.18. The molecule has 1 amide bonds. The van der Waals surface area contributed by atoms with Crippen LogP contribution in [0.4, 0.5) is 5.69 Å². The summed E-state index contributed by atoms with van der Waals surface area (Å²) in [5.41, 5.74) is 5.29. The van der Waals surface area contributed by atoms with E-state index in [0.29, 0.717) is 25.1 Å². The molecule has 5 heteroatoms. The molecular weight excluding hydrogens is 220 g/mol. The van der Waals surface area contributed by atoms with Gasteiger partial charge in [-0.15, -0.1) is 0 Å². The summed E-state index contributed by atoms with van der Waals surface area (Å²) in [6, 6.07) is 4.42. The minimum Gasteiger partial charge on any atom is -0.506 e. The molecule has 4 N–H and O–H groups in total. The number of carbonyl (C=O) groups excluding carboxylic acids is 1. The van der Waals surface area contributed by atoms with Crippen molar-refractivity contribution in [2.45, 2.75) is 18.9 Å². The molecule has 2 rings (SSSR count). The first-order chi connectivity index (χ1) is 7.89. The lowest BCUT2D eigenvalue weighted by atomic mass is 10.1. The molecule has 0 spiro atoms. The van der Waals surface area contributed by atoms with Crippen molar-refractivity contribution in [3.05, 3.63) is 23.8 Å². The van der Waals surface area contributed by atoms with Crippen LogP contribution in [-0.4, -0.2) is 39.7 Å². The number of hydrogen-bond acceptors (Lipinski definition) is 4. The number of carbonyl (C=O) groups is 1. The van der Waals surface area contributed by atoms with Gasteiger partial charge in [-0.1, -0.05) is 0 Å². The summed E-state index contributed by atoms with van der Waals surface area (Å²) in [4.78, 5) is 13.6. The lowest BCUT2D eigenvalue weighted by Gasteiger charge is -2.19. The second kappa shape index (κ2) is 3.92. The fourth-order valence-corrected chi connectivity index (χ4v) is 1.98. The number of hydrogen-bond donors (Lipinski definition) is 3. The molecule has 1 aromatic carbocycles. The van der Waals surface area contributed by atoms with Crippen molar-refractivity contribution in [2.24, 2.45) is 0 Å². The van der Waals surface area contributed by atoms with Crippen LogP contribution in [0.5, 0.6) is 5.75 Å². The number of phenols is 1. The molecule has 0 saturated carbocycles. The zero-order valence-corrected chi connectivity index (χ0v) is 9.68. The van der Waals surface area contributed by atoms with Gasteiger partial charge in [0.15, 0.2) is 0 Å². The van der Waals surface area contributed by atoms with Crippen LogP contribution in [0.25, 0.3) is 0 Å². The van der Waals surface area contributed by atoms with E-state index in [9.17, 15) is 15.0 Å². The van der Waals surface area contributed by atoms with E-state index < -0.39 is 5.60 Å². The van der Waals surface area contributed by atoms with E-state index in [4.69, 9.17) is 5.73 Å². The van der Waals surface area contributed by atoms with Crippen LogP contribution in [0.3, 0.4) is 0 Å². The van der Waals surface area contributed by atoms with E-state index in [2.05, 4.69) is 0 Å². The molecule has 1 fully saturated rings. The highest BCUT2D eigenvalue weighted by Gasteiger charge is 2.34. The summed E-state index contributed by atoms with van der Waals surface area (Å²) in [6.07, 6.45) is 0.569.